The van der Waals surface area contributed by atoms with Crippen molar-refractivity contribution >= 4 is 34.7 Å². The number of Topliss-reactive ketones (excluding diaryl/α,β-unsaturated/α-hetero) is 1. The molecule has 0 aromatic carbocycles. The lowest BCUT2D eigenvalue weighted by molar-refractivity contribution is -0.117. The first-order valence-electron chi connectivity index (χ1n) is 12.8. The number of hydrogen-bond acceptors (Lipinski definition) is 7. The van der Waals surface area contributed by atoms with Gasteiger partial charge in [0, 0.05) is 66.3 Å². The lowest BCUT2D eigenvalue weighted by Crippen LogP contribution is -2.27. The second-order valence-corrected chi connectivity index (χ2v) is 9.01. The Morgan fingerprint density at radius 2 is 2.03 bits per heavy atom. The van der Waals surface area contributed by atoms with E-state index in [-0.39, 0.29) is 29.2 Å². The number of pyridine rings is 2. The van der Waals surface area contributed by atoms with Gasteiger partial charge in [0.25, 0.3) is 0 Å². The van der Waals surface area contributed by atoms with Crippen molar-refractivity contribution < 1.29 is 13.7 Å². The third kappa shape index (κ3) is 3.70. The van der Waals surface area contributed by atoms with Gasteiger partial charge in [-0.25, -0.2) is 9.97 Å². The third-order valence-corrected chi connectivity index (χ3v) is 6.54. The van der Waals surface area contributed by atoms with Gasteiger partial charge in [-0.1, -0.05) is 6.85 Å². The fraction of sp³-hybridized carbons (Fsp3) is 0.400. The van der Waals surface area contributed by atoms with Crippen LogP contribution in [0.5, 0.6) is 0 Å². The molecule has 3 aromatic rings. The minimum Gasteiger partial charge on any atom is -0.364 e. The molecule has 176 valence electrons. The SMILES string of the molecule is [2H]C([2H])([2H])CC(=O)c1cnc(NC(=O)C2CC2)cc1Nc1ncc(C)c2c1N(C)[C@@H](C)c1cn(C)nc1-2. The van der Waals surface area contributed by atoms with E-state index in [4.69, 9.17) is 9.21 Å². The molecule has 0 unspecified atom stereocenters. The molecule has 9 heteroatoms. The molecule has 34 heavy (non-hydrogen) atoms. The van der Waals surface area contributed by atoms with E-state index in [0.717, 1.165) is 40.9 Å². The summed E-state index contributed by atoms with van der Waals surface area (Å²) in [6.07, 6.45) is 6.10. The van der Waals surface area contributed by atoms with Crippen LogP contribution >= 0.6 is 0 Å². The number of ketones is 1. The summed E-state index contributed by atoms with van der Waals surface area (Å²) in [7, 11) is 3.86. The van der Waals surface area contributed by atoms with Crippen molar-refractivity contribution in [3.63, 3.8) is 0 Å². The van der Waals surface area contributed by atoms with Crippen LogP contribution in [0.4, 0.5) is 23.0 Å². The van der Waals surface area contributed by atoms with Crippen molar-refractivity contribution in [2.75, 3.05) is 22.6 Å². The number of nitrogens with one attached hydrogen (secondary N) is 2. The van der Waals surface area contributed by atoms with E-state index in [1.54, 1.807) is 16.9 Å². The Hall–Kier alpha value is -3.75. The molecule has 0 saturated heterocycles. The molecule has 9 nitrogen and oxygen atoms in total. The average molecular weight is 463 g/mol. The van der Waals surface area contributed by atoms with Crippen molar-refractivity contribution in [3.8, 4) is 11.3 Å². The Balaban J connectivity index is 1.59. The zero-order chi connectivity index (χ0) is 26.6. The Morgan fingerprint density at radius 1 is 1.24 bits per heavy atom. The van der Waals surface area contributed by atoms with Crippen molar-refractivity contribution in [3.05, 3.63) is 41.3 Å². The highest BCUT2D eigenvalue weighted by molar-refractivity contribution is 6.03. The average Bonchev–Trinajstić information content (AvgIpc) is 3.59. The smallest absolute Gasteiger partial charge is 0.228 e. The van der Waals surface area contributed by atoms with Gasteiger partial charge in [-0.3, -0.25) is 14.3 Å². The van der Waals surface area contributed by atoms with E-state index in [1.165, 1.54) is 6.20 Å². The molecule has 4 heterocycles. The second kappa shape index (κ2) is 8.23. The summed E-state index contributed by atoms with van der Waals surface area (Å²) in [5.41, 5.74) is 5.10. The second-order valence-electron chi connectivity index (χ2n) is 9.01. The predicted molar refractivity (Wildman–Crippen MR) is 131 cm³/mol. The Bertz CT molecular complexity index is 1410. The standard InChI is InChI=1S/C25H29N7O2/c1-6-19(33)16-11-26-20(29-25(34)15-7-8-15)9-18(16)28-24-23-21(13(2)10-27-24)22-17(12-31(4)30-22)14(3)32(23)5/h9-12,14-15H,6-8H2,1-5H3,(H2,26,27,28,29,34)/t14-/m0/s1/i1D3. The van der Waals surface area contributed by atoms with Gasteiger partial charge >= 0.3 is 0 Å². The molecule has 1 atom stereocenters. The third-order valence-electron chi connectivity index (χ3n) is 6.54. The molecule has 1 fully saturated rings. The summed E-state index contributed by atoms with van der Waals surface area (Å²) in [5.74, 6) is 0.0369. The number of fused-ring (bicyclic) bond motifs is 3. The lowest BCUT2D eigenvalue weighted by atomic mass is 9.93. The van der Waals surface area contributed by atoms with Gasteiger partial charge in [0.15, 0.2) is 11.6 Å². The van der Waals surface area contributed by atoms with Crippen LogP contribution in [-0.4, -0.2) is 38.5 Å². The van der Waals surface area contributed by atoms with Crippen molar-refractivity contribution in [1.29, 1.82) is 0 Å². The Kier molecular flexibility index (Phi) is 4.52. The van der Waals surface area contributed by atoms with Gasteiger partial charge in [0.1, 0.15) is 11.5 Å². The number of carbonyl (C=O) groups excluding carboxylic acids is 2. The van der Waals surface area contributed by atoms with Gasteiger partial charge in [0.05, 0.1) is 23.0 Å². The van der Waals surface area contributed by atoms with Crippen molar-refractivity contribution in [2.45, 2.75) is 46.0 Å². The monoisotopic (exact) mass is 462 g/mol. The largest absolute Gasteiger partial charge is 0.364 e. The number of hydrogen-bond donors (Lipinski definition) is 2. The van der Waals surface area contributed by atoms with Crippen LogP contribution in [0.15, 0.2) is 24.7 Å². The van der Waals surface area contributed by atoms with Crippen LogP contribution in [-0.2, 0) is 11.8 Å². The molecular formula is C25H29N7O2. The first-order chi connectivity index (χ1) is 17.4. The van der Waals surface area contributed by atoms with E-state index in [9.17, 15) is 9.59 Å². The molecule has 5 rings (SSSR count). The molecule has 0 spiro atoms. The molecule has 1 amide bonds. The zero-order valence-corrected chi connectivity index (χ0v) is 19.6. The predicted octanol–water partition coefficient (Wildman–Crippen LogP) is 4.38. The van der Waals surface area contributed by atoms with E-state index in [2.05, 4.69) is 32.4 Å². The van der Waals surface area contributed by atoms with Crippen LogP contribution in [0.1, 0.15) is 64.7 Å². The minimum atomic E-state index is -2.43. The summed E-state index contributed by atoms with van der Waals surface area (Å²) < 4.78 is 24.4. The number of carbonyl (C=O) groups is 2. The van der Waals surface area contributed by atoms with Crippen molar-refractivity contribution in [1.82, 2.24) is 19.7 Å². The molecule has 0 radical (unpaired) electrons. The van der Waals surface area contributed by atoms with Gasteiger partial charge in [0.2, 0.25) is 5.91 Å². The number of aromatic nitrogens is 4. The summed E-state index contributed by atoms with van der Waals surface area (Å²) in [5, 5.41) is 10.8. The van der Waals surface area contributed by atoms with E-state index < -0.39 is 19.1 Å². The molecule has 1 aliphatic carbocycles. The normalized spacial score (nSPS) is 18.3. The van der Waals surface area contributed by atoms with Crippen LogP contribution in [0.2, 0.25) is 0 Å². The quantitative estimate of drug-likeness (QED) is 0.524. The molecule has 2 aliphatic rings. The highest BCUT2D eigenvalue weighted by Gasteiger charge is 2.33. The summed E-state index contributed by atoms with van der Waals surface area (Å²) >= 11 is 0. The van der Waals surface area contributed by atoms with Gasteiger partial charge in [-0.05, 0) is 32.3 Å². The molecule has 0 bridgehead atoms. The number of aryl methyl sites for hydroxylation is 2. The van der Waals surface area contributed by atoms with E-state index in [1.807, 2.05) is 27.2 Å². The summed E-state index contributed by atoms with van der Waals surface area (Å²) in [6, 6.07) is 1.57. The molecule has 1 saturated carbocycles. The maximum atomic E-state index is 13.0. The number of rotatable bonds is 6. The maximum absolute atomic E-state index is 13.0. The minimum absolute atomic E-state index is 0.0165. The zero-order valence-electron chi connectivity index (χ0n) is 22.6. The highest BCUT2D eigenvalue weighted by atomic mass is 16.2. The van der Waals surface area contributed by atoms with Crippen LogP contribution < -0.4 is 15.5 Å². The van der Waals surface area contributed by atoms with Crippen molar-refractivity contribution in [2.24, 2.45) is 13.0 Å². The maximum Gasteiger partial charge on any atom is 0.228 e. The highest BCUT2D eigenvalue weighted by Crippen LogP contribution is 2.48. The van der Waals surface area contributed by atoms with Crippen LogP contribution in [0.3, 0.4) is 0 Å². The van der Waals surface area contributed by atoms with Gasteiger partial charge < -0.3 is 15.5 Å². The van der Waals surface area contributed by atoms with Crippen LogP contribution in [0, 0.1) is 12.8 Å². The molecule has 2 N–H and O–H groups in total. The molecule has 1 aliphatic heterocycles. The first kappa shape index (κ1) is 18.7. The summed E-state index contributed by atoms with van der Waals surface area (Å²) in [4.78, 5) is 36.3. The van der Waals surface area contributed by atoms with E-state index >= 15 is 0 Å². The number of nitrogens with zero attached hydrogens (tertiary/aromatic N) is 5. The topological polar surface area (TPSA) is 105 Å². The van der Waals surface area contributed by atoms with Gasteiger partial charge in [-0.15, -0.1) is 0 Å². The lowest BCUT2D eigenvalue weighted by Gasteiger charge is -2.35. The first-order valence-corrected chi connectivity index (χ1v) is 11.3. The summed E-state index contributed by atoms with van der Waals surface area (Å²) in [6.45, 7) is 1.62. The molecular weight excluding hydrogens is 430 g/mol. The number of anilines is 4. The van der Waals surface area contributed by atoms with Crippen LogP contribution in [0.25, 0.3) is 11.3 Å². The fourth-order valence-corrected chi connectivity index (χ4v) is 4.38. The fourth-order valence-electron chi connectivity index (χ4n) is 4.38. The van der Waals surface area contributed by atoms with Gasteiger partial charge in [-0.2, -0.15) is 5.10 Å². The Morgan fingerprint density at radius 3 is 2.76 bits per heavy atom. The Labute approximate surface area is 202 Å². The molecule has 3 aromatic heterocycles. The van der Waals surface area contributed by atoms with E-state index in [0.29, 0.717) is 11.5 Å². The number of amides is 1.